The molecular formula is C50H84ClNO8. The molecule has 1 amide bonds. The highest BCUT2D eigenvalue weighted by Crippen LogP contribution is 2.29. The Kier molecular flexibility index (Phi) is 33.0. The zero-order valence-electron chi connectivity index (χ0n) is 38.0. The Hall–Kier alpha value is -2.62. The normalized spacial score (nSPS) is 19.0. The van der Waals surface area contributed by atoms with E-state index in [9.17, 15) is 14.4 Å². The van der Waals surface area contributed by atoms with Gasteiger partial charge in [-0.1, -0.05) is 204 Å². The molecule has 2 rings (SSSR count). The lowest BCUT2D eigenvalue weighted by Gasteiger charge is -2.45. The maximum absolute atomic E-state index is 13.5. The molecule has 0 unspecified atom stereocenters. The van der Waals surface area contributed by atoms with Gasteiger partial charge in [-0.2, -0.15) is 0 Å². The zero-order chi connectivity index (χ0) is 43.3. The second-order valence-corrected chi connectivity index (χ2v) is 17.0. The number of nitrogens with one attached hydrogen (secondary N) is 1. The molecule has 1 fully saturated rings. The van der Waals surface area contributed by atoms with Gasteiger partial charge in [0.25, 0.3) is 0 Å². The van der Waals surface area contributed by atoms with E-state index >= 15 is 0 Å². The molecule has 344 valence electrons. The molecule has 1 aromatic carbocycles. The summed E-state index contributed by atoms with van der Waals surface area (Å²) >= 11 is 5.93. The van der Waals surface area contributed by atoms with E-state index in [1.54, 1.807) is 6.08 Å². The molecule has 60 heavy (non-hydrogen) atoms. The van der Waals surface area contributed by atoms with Crippen molar-refractivity contribution in [3.8, 4) is 0 Å². The van der Waals surface area contributed by atoms with E-state index in [0.717, 1.165) is 44.1 Å². The van der Waals surface area contributed by atoms with Gasteiger partial charge in [0.2, 0.25) is 12.2 Å². The van der Waals surface area contributed by atoms with Crippen LogP contribution in [-0.4, -0.2) is 61.0 Å². The van der Waals surface area contributed by atoms with Crippen molar-refractivity contribution in [2.45, 2.75) is 238 Å². The van der Waals surface area contributed by atoms with Gasteiger partial charge in [-0.15, -0.1) is 11.6 Å². The molecule has 0 spiro atoms. The minimum absolute atomic E-state index is 0.167. The molecule has 5 atom stereocenters. The maximum Gasteiger partial charge on any atom is 0.321 e. The summed E-state index contributed by atoms with van der Waals surface area (Å²) in [5, 5.41) is 3.10. The number of unbranched alkanes of at least 4 members (excludes halogenated alkanes) is 24. The van der Waals surface area contributed by atoms with Crippen molar-refractivity contribution >= 4 is 29.4 Å². The van der Waals surface area contributed by atoms with Crippen molar-refractivity contribution in [2.24, 2.45) is 0 Å². The highest BCUT2D eigenvalue weighted by Gasteiger charge is 2.51. The Bertz CT molecular complexity index is 1230. The van der Waals surface area contributed by atoms with E-state index < -0.39 is 36.6 Å². The van der Waals surface area contributed by atoms with Crippen LogP contribution in [0.4, 0.5) is 0 Å². The van der Waals surface area contributed by atoms with Gasteiger partial charge in [-0.05, 0) is 25.3 Å². The lowest BCUT2D eigenvalue weighted by molar-refractivity contribution is -0.271. The third-order valence-electron chi connectivity index (χ3n) is 11.4. The number of hydrogen-bond acceptors (Lipinski definition) is 8. The number of allylic oxidation sites excluding steroid dienone is 1. The van der Waals surface area contributed by atoms with Gasteiger partial charge in [0, 0.05) is 12.8 Å². The van der Waals surface area contributed by atoms with Crippen molar-refractivity contribution < 1.29 is 38.1 Å². The van der Waals surface area contributed by atoms with Crippen LogP contribution in [0, 0.1) is 0 Å². The van der Waals surface area contributed by atoms with Crippen LogP contribution in [0.5, 0.6) is 0 Å². The Morgan fingerprint density at radius 3 is 1.62 bits per heavy atom. The van der Waals surface area contributed by atoms with E-state index in [1.807, 2.05) is 37.3 Å². The Morgan fingerprint density at radius 1 is 0.650 bits per heavy atom. The van der Waals surface area contributed by atoms with E-state index in [1.165, 1.54) is 135 Å². The highest BCUT2D eigenvalue weighted by molar-refractivity contribution is 6.26. The number of carbonyl (C=O) groups excluding carboxylic acids is 3. The largest absolute Gasteiger partial charge is 0.471 e. The summed E-state index contributed by atoms with van der Waals surface area (Å²) in [5.74, 6) is -1.57. The fraction of sp³-hybridized carbons (Fsp3) is 0.780. The summed E-state index contributed by atoms with van der Waals surface area (Å²) in [5.41, 5.74) is 0.898. The number of ether oxygens (including phenoxy) is 5. The Labute approximate surface area is 370 Å². The molecule has 1 aromatic rings. The van der Waals surface area contributed by atoms with Crippen LogP contribution in [0.3, 0.4) is 0 Å². The predicted octanol–water partition coefficient (Wildman–Crippen LogP) is 13.0. The number of carbonyl (C=O) groups is 3. The van der Waals surface area contributed by atoms with Crippen LogP contribution in [0.2, 0.25) is 0 Å². The van der Waals surface area contributed by atoms with Crippen molar-refractivity contribution in [3.05, 3.63) is 48.2 Å². The SMILES string of the molecule is CC=CO[C@H]1O[C@H](COC(=O)CCCCCCCCCCCCCCC)[C@@H](OC(=O)CCl)[C@H](OCc2ccccc2)[C@@H]1NC(=O)CCCCCCCCCCCCCCC. The lowest BCUT2D eigenvalue weighted by Crippen LogP contribution is -2.66. The number of rotatable bonds is 38. The van der Waals surface area contributed by atoms with Crippen LogP contribution in [0.25, 0.3) is 0 Å². The first kappa shape index (κ1) is 53.5. The van der Waals surface area contributed by atoms with Gasteiger partial charge in [0.05, 0.1) is 12.9 Å². The molecule has 0 aliphatic carbocycles. The second kappa shape index (κ2) is 37.0. The van der Waals surface area contributed by atoms with E-state index in [-0.39, 0.29) is 31.0 Å². The number of esters is 2. The van der Waals surface area contributed by atoms with Crippen LogP contribution < -0.4 is 5.32 Å². The number of hydrogen-bond donors (Lipinski definition) is 1. The highest BCUT2D eigenvalue weighted by atomic mass is 35.5. The van der Waals surface area contributed by atoms with Crippen molar-refractivity contribution in [1.29, 1.82) is 0 Å². The van der Waals surface area contributed by atoms with E-state index in [4.69, 9.17) is 35.3 Å². The minimum atomic E-state index is -1.05. The number of alkyl halides is 1. The Balaban J connectivity index is 1.95. The standard InChI is InChI=1S/C50H84ClNO8/c1-4-7-9-11-13-15-17-19-21-23-25-27-32-36-44(53)52-47-49(58-40-42-34-30-29-31-35-42)48(60-46(55)39-51)43(59-50(47)56-38-6-3)41-57-45(54)37-33-28-26-24-22-20-18-16-14-12-10-8-5-2/h6,29-31,34-35,38,43,47-50H,4-5,7-28,32-33,36-37,39-41H2,1-3H3,(H,52,53)/t43-,47+,48-,49-,50+/m1/s1. The third kappa shape index (κ3) is 26.0. The first-order valence-corrected chi connectivity index (χ1v) is 24.7. The van der Waals surface area contributed by atoms with E-state index in [2.05, 4.69) is 19.2 Å². The smallest absolute Gasteiger partial charge is 0.321 e. The van der Waals surface area contributed by atoms with Gasteiger partial charge < -0.3 is 29.0 Å². The molecule has 0 saturated carbocycles. The monoisotopic (exact) mass is 862 g/mol. The van der Waals surface area contributed by atoms with Crippen LogP contribution >= 0.6 is 11.6 Å². The lowest BCUT2D eigenvalue weighted by atomic mass is 9.95. The number of benzene rings is 1. The summed E-state index contributed by atoms with van der Waals surface area (Å²) in [6, 6.07) is 8.78. The average molecular weight is 863 g/mol. The molecule has 1 aliphatic rings. The molecule has 1 aliphatic heterocycles. The maximum atomic E-state index is 13.5. The van der Waals surface area contributed by atoms with E-state index in [0.29, 0.717) is 12.8 Å². The van der Waals surface area contributed by atoms with Crippen LogP contribution in [0.15, 0.2) is 42.7 Å². The first-order chi connectivity index (χ1) is 29.4. The molecule has 0 bridgehead atoms. The molecule has 1 heterocycles. The first-order valence-electron chi connectivity index (χ1n) is 24.2. The van der Waals surface area contributed by atoms with Gasteiger partial charge >= 0.3 is 11.9 Å². The summed E-state index contributed by atoms with van der Waals surface area (Å²) in [4.78, 5) is 39.2. The second-order valence-electron chi connectivity index (χ2n) is 16.8. The summed E-state index contributed by atoms with van der Waals surface area (Å²) in [6.07, 6.45) is 31.8. The summed E-state index contributed by atoms with van der Waals surface area (Å²) in [6.45, 7) is 6.32. The van der Waals surface area contributed by atoms with Crippen molar-refractivity contribution in [3.63, 3.8) is 0 Å². The molecule has 0 aromatic heterocycles. The molecular weight excluding hydrogens is 778 g/mol. The van der Waals surface area contributed by atoms with Gasteiger partial charge in [0.15, 0.2) is 6.10 Å². The average Bonchev–Trinajstić information content (AvgIpc) is 3.26. The van der Waals surface area contributed by atoms with Gasteiger partial charge in [-0.3, -0.25) is 14.4 Å². The van der Waals surface area contributed by atoms with Crippen LogP contribution in [0.1, 0.15) is 206 Å². The minimum Gasteiger partial charge on any atom is -0.471 e. The Morgan fingerprint density at radius 2 is 1.13 bits per heavy atom. The zero-order valence-corrected chi connectivity index (χ0v) is 38.7. The number of amides is 1. The fourth-order valence-corrected chi connectivity index (χ4v) is 7.91. The topological polar surface area (TPSA) is 109 Å². The molecule has 1 saturated heterocycles. The summed E-state index contributed by atoms with van der Waals surface area (Å²) < 4.78 is 30.5. The van der Waals surface area contributed by atoms with Crippen molar-refractivity contribution in [1.82, 2.24) is 5.32 Å². The van der Waals surface area contributed by atoms with Crippen molar-refractivity contribution in [2.75, 3.05) is 12.5 Å². The third-order valence-corrected chi connectivity index (χ3v) is 11.6. The fourth-order valence-electron chi connectivity index (χ4n) is 7.85. The number of halogens is 1. The summed E-state index contributed by atoms with van der Waals surface area (Å²) in [7, 11) is 0. The predicted molar refractivity (Wildman–Crippen MR) is 244 cm³/mol. The van der Waals surface area contributed by atoms with Crippen LogP contribution in [-0.2, 0) is 44.7 Å². The van der Waals surface area contributed by atoms with Gasteiger partial charge in [0.1, 0.15) is 30.7 Å². The molecule has 0 radical (unpaired) electrons. The molecule has 9 nitrogen and oxygen atoms in total. The molecule has 10 heteroatoms. The molecule has 1 N–H and O–H groups in total. The van der Waals surface area contributed by atoms with Gasteiger partial charge in [-0.25, -0.2) is 0 Å². The quantitative estimate of drug-likeness (QED) is 0.0303.